The number of hydrogen-bond acceptors (Lipinski definition) is 2. The fraction of sp³-hybridized carbons (Fsp3) is 0.556. The van der Waals surface area contributed by atoms with E-state index in [1.165, 1.54) is 29.3 Å². The Hall–Kier alpha value is -1.32. The van der Waals surface area contributed by atoms with Crippen molar-refractivity contribution in [2.45, 2.75) is 39.8 Å². The van der Waals surface area contributed by atoms with Crippen molar-refractivity contribution in [3.63, 3.8) is 0 Å². The van der Waals surface area contributed by atoms with Crippen molar-refractivity contribution in [1.82, 2.24) is 9.88 Å². The molecular weight excluding hydrogens is 260 g/mol. The Morgan fingerprint density at radius 1 is 1.19 bits per heavy atom. The van der Waals surface area contributed by atoms with Crippen LogP contribution in [-0.2, 0) is 17.8 Å². The Morgan fingerprint density at radius 2 is 1.95 bits per heavy atom. The molecule has 3 nitrogen and oxygen atoms in total. The second kappa shape index (κ2) is 8.20. The van der Waals surface area contributed by atoms with Gasteiger partial charge in [-0.1, -0.05) is 44.9 Å². The maximum atomic E-state index is 5.09. The van der Waals surface area contributed by atoms with Gasteiger partial charge in [-0.3, -0.25) is 0 Å². The zero-order valence-electron chi connectivity index (χ0n) is 13.6. The first-order valence-electron chi connectivity index (χ1n) is 8.06. The van der Waals surface area contributed by atoms with Crippen LogP contribution < -0.4 is 5.32 Å². The molecule has 2 rings (SSSR count). The molecule has 116 valence electrons. The molecular formula is C18H28N2O. The molecule has 21 heavy (non-hydrogen) atoms. The highest BCUT2D eigenvalue weighted by molar-refractivity contribution is 5.83. The SMILES string of the molecule is CCC(CC)Cn1cc(CNCCOC)c2ccccc21. The molecule has 3 heteroatoms. The van der Waals surface area contributed by atoms with Crippen molar-refractivity contribution in [2.75, 3.05) is 20.3 Å². The Kier molecular flexibility index (Phi) is 6.27. The van der Waals surface area contributed by atoms with Crippen LogP contribution in [0, 0.1) is 5.92 Å². The largest absolute Gasteiger partial charge is 0.383 e. The maximum absolute atomic E-state index is 5.09. The summed E-state index contributed by atoms with van der Waals surface area (Å²) in [5.41, 5.74) is 2.74. The first-order valence-corrected chi connectivity index (χ1v) is 8.06. The summed E-state index contributed by atoms with van der Waals surface area (Å²) in [6, 6.07) is 8.72. The molecule has 2 aromatic rings. The first-order chi connectivity index (χ1) is 10.3. The number of nitrogens with one attached hydrogen (secondary N) is 1. The molecule has 0 aliphatic rings. The van der Waals surface area contributed by atoms with Crippen LogP contribution in [0.1, 0.15) is 32.3 Å². The van der Waals surface area contributed by atoms with Crippen molar-refractivity contribution in [2.24, 2.45) is 5.92 Å². The van der Waals surface area contributed by atoms with Gasteiger partial charge in [0.1, 0.15) is 0 Å². The second-order valence-corrected chi connectivity index (χ2v) is 5.68. The smallest absolute Gasteiger partial charge is 0.0587 e. The number of para-hydroxylation sites is 1. The van der Waals surface area contributed by atoms with E-state index >= 15 is 0 Å². The van der Waals surface area contributed by atoms with E-state index in [0.29, 0.717) is 0 Å². The number of methoxy groups -OCH3 is 1. The average molecular weight is 288 g/mol. The molecule has 0 atom stereocenters. The lowest BCUT2D eigenvalue weighted by molar-refractivity contribution is 0.199. The molecule has 1 aromatic heterocycles. The molecule has 0 saturated heterocycles. The summed E-state index contributed by atoms with van der Waals surface area (Å²) in [6.45, 7) is 8.24. The van der Waals surface area contributed by atoms with Crippen LogP contribution in [0.25, 0.3) is 10.9 Å². The van der Waals surface area contributed by atoms with E-state index in [-0.39, 0.29) is 0 Å². The van der Waals surface area contributed by atoms with E-state index in [2.05, 4.69) is 54.2 Å². The number of hydrogen-bond donors (Lipinski definition) is 1. The van der Waals surface area contributed by atoms with Gasteiger partial charge in [0.25, 0.3) is 0 Å². The van der Waals surface area contributed by atoms with Gasteiger partial charge in [0.15, 0.2) is 0 Å². The minimum absolute atomic E-state index is 0.756. The number of rotatable bonds is 9. The fourth-order valence-corrected chi connectivity index (χ4v) is 2.84. The lowest BCUT2D eigenvalue weighted by Crippen LogP contribution is -2.18. The number of benzene rings is 1. The van der Waals surface area contributed by atoms with Gasteiger partial charge in [0.05, 0.1) is 6.61 Å². The molecule has 0 amide bonds. The third-order valence-corrected chi connectivity index (χ3v) is 4.28. The minimum Gasteiger partial charge on any atom is -0.383 e. The fourth-order valence-electron chi connectivity index (χ4n) is 2.84. The Bertz CT molecular complexity index is 543. The number of fused-ring (bicyclic) bond motifs is 1. The van der Waals surface area contributed by atoms with E-state index in [1.54, 1.807) is 7.11 Å². The predicted octanol–water partition coefficient (Wildman–Crippen LogP) is 3.81. The van der Waals surface area contributed by atoms with Gasteiger partial charge in [-0.15, -0.1) is 0 Å². The minimum atomic E-state index is 0.756. The van der Waals surface area contributed by atoms with Gasteiger partial charge in [-0.25, -0.2) is 0 Å². The van der Waals surface area contributed by atoms with E-state index in [4.69, 9.17) is 4.74 Å². The molecule has 1 aromatic carbocycles. The summed E-state index contributed by atoms with van der Waals surface area (Å²) in [7, 11) is 1.74. The molecule has 0 bridgehead atoms. The van der Waals surface area contributed by atoms with E-state index in [9.17, 15) is 0 Å². The van der Waals surface area contributed by atoms with Crippen molar-refractivity contribution in [3.05, 3.63) is 36.0 Å². The normalized spacial score (nSPS) is 11.6. The first kappa shape index (κ1) is 16.1. The number of aromatic nitrogens is 1. The summed E-state index contributed by atoms with van der Waals surface area (Å²) in [5, 5.41) is 4.82. The molecule has 1 heterocycles. The molecule has 0 radical (unpaired) electrons. The maximum Gasteiger partial charge on any atom is 0.0587 e. The van der Waals surface area contributed by atoms with Crippen LogP contribution >= 0.6 is 0 Å². The van der Waals surface area contributed by atoms with Crippen molar-refractivity contribution in [1.29, 1.82) is 0 Å². The molecule has 1 N–H and O–H groups in total. The summed E-state index contributed by atoms with van der Waals surface area (Å²) in [4.78, 5) is 0. The molecule has 0 aliphatic heterocycles. The van der Waals surface area contributed by atoms with Gasteiger partial charge in [0, 0.05) is 43.8 Å². The molecule has 0 unspecified atom stereocenters. The lowest BCUT2D eigenvalue weighted by atomic mass is 10.0. The van der Waals surface area contributed by atoms with Gasteiger partial charge in [0.2, 0.25) is 0 Å². The zero-order chi connectivity index (χ0) is 15.1. The number of nitrogens with zero attached hydrogens (tertiary/aromatic N) is 1. The van der Waals surface area contributed by atoms with Gasteiger partial charge in [-0.05, 0) is 17.5 Å². The van der Waals surface area contributed by atoms with Crippen LogP contribution in [0.4, 0.5) is 0 Å². The molecule has 0 fully saturated rings. The third kappa shape index (κ3) is 4.08. The lowest BCUT2D eigenvalue weighted by Gasteiger charge is -2.14. The second-order valence-electron chi connectivity index (χ2n) is 5.68. The summed E-state index contributed by atoms with van der Waals surface area (Å²) >= 11 is 0. The molecule has 0 aliphatic carbocycles. The van der Waals surface area contributed by atoms with Crippen LogP contribution in [0.15, 0.2) is 30.5 Å². The quantitative estimate of drug-likeness (QED) is 0.710. The highest BCUT2D eigenvalue weighted by Crippen LogP contribution is 2.23. The Morgan fingerprint density at radius 3 is 2.67 bits per heavy atom. The van der Waals surface area contributed by atoms with Crippen molar-refractivity contribution >= 4 is 10.9 Å². The predicted molar refractivity (Wildman–Crippen MR) is 89.6 cm³/mol. The van der Waals surface area contributed by atoms with Crippen molar-refractivity contribution in [3.8, 4) is 0 Å². The van der Waals surface area contributed by atoms with Crippen LogP contribution in [-0.4, -0.2) is 24.8 Å². The van der Waals surface area contributed by atoms with E-state index < -0.39 is 0 Å². The van der Waals surface area contributed by atoms with E-state index in [0.717, 1.165) is 32.2 Å². The van der Waals surface area contributed by atoms with Crippen molar-refractivity contribution < 1.29 is 4.74 Å². The van der Waals surface area contributed by atoms with Crippen LogP contribution in [0.2, 0.25) is 0 Å². The van der Waals surface area contributed by atoms with Crippen LogP contribution in [0.5, 0.6) is 0 Å². The third-order valence-electron chi connectivity index (χ3n) is 4.28. The van der Waals surface area contributed by atoms with Gasteiger partial charge < -0.3 is 14.6 Å². The Balaban J connectivity index is 2.17. The summed E-state index contributed by atoms with van der Waals surface area (Å²) in [5.74, 6) is 0.759. The highest BCUT2D eigenvalue weighted by atomic mass is 16.5. The zero-order valence-corrected chi connectivity index (χ0v) is 13.6. The van der Waals surface area contributed by atoms with E-state index in [1.807, 2.05) is 0 Å². The Labute approximate surface area is 128 Å². The van der Waals surface area contributed by atoms with Gasteiger partial charge in [-0.2, -0.15) is 0 Å². The summed E-state index contributed by atoms with van der Waals surface area (Å²) in [6.07, 6.45) is 4.80. The molecule has 0 saturated carbocycles. The highest BCUT2D eigenvalue weighted by Gasteiger charge is 2.11. The van der Waals surface area contributed by atoms with Gasteiger partial charge >= 0.3 is 0 Å². The summed E-state index contributed by atoms with van der Waals surface area (Å²) < 4.78 is 7.52. The standard InChI is InChI=1S/C18H28N2O/c1-4-15(5-2)13-20-14-16(12-19-10-11-21-3)17-8-6-7-9-18(17)20/h6-9,14-15,19H,4-5,10-13H2,1-3H3. The van der Waals surface area contributed by atoms with Crippen LogP contribution in [0.3, 0.4) is 0 Å². The number of ether oxygens (including phenoxy) is 1. The molecule has 0 spiro atoms. The topological polar surface area (TPSA) is 26.2 Å². The monoisotopic (exact) mass is 288 g/mol. The average Bonchev–Trinajstić information content (AvgIpc) is 2.87.